The summed E-state index contributed by atoms with van der Waals surface area (Å²) >= 11 is 5.90. The average molecular weight is 394 g/mol. The van der Waals surface area contributed by atoms with Gasteiger partial charge in [0.15, 0.2) is 0 Å². The number of hydrogen-bond donors (Lipinski definition) is 1. The van der Waals surface area contributed by atoms with Crippen LogP contribution >= 0.6 is 11.6 Å². The van der Waals surface area contributed by atoms with Crippen LogP contribution in [0.5, 0.6) is 0 Å². The third-order valence-electron chi connectivity index (χ3n) is 4.69. The third kappa shape index (κ3) is 5.17. The second kappa shape index (κ2) is 9.15. The highest BCUT2D eigenvalue weighted by molar-refractivity contribution is 6.33. The van der Waals surface area contributed by atoms with Crippen molar-refractivity contribution in [1.82, 2.24) is 10.2 Å². The van der Waals surface area contributed by atoms with Crippen molar-refractivity contribution in [3.8, 4) is 0 Å². The van der Waals surface area contributed by atoms with Gasteiger partial charge in [0.25, 0.3) is 5.91 Å². The minimum Gasteiger partial charge on any atom is -0.369 e. The number of amides is 1. The quantitative estimate of drug-likeness (QED) is 0.762. The van der Waals surface area contributed by atoms with Gasteiger partial charge in [0.05, 0.1) is 10.6 Å². The first-order chi connectivity index (χ1) is 13.0. The molecule has 7 heteroatoms. The van der Waals surface area contributed by atoms with Crippen molar-refractivity contribution in [2.75, 3.05) is 44.2 Å². The minimum absolute atomic E-state index is 0.105. The highest BCUT2D eigenvalue weighted by atomic mass is 35.5. The van der Waals surface area contributed by atoms with Crippen molar-refractivity contribution < 1.29 is 13.6 Å². The van der Waals surface area contributed by atoms with Crippen molar-refractivity contribution in [3.63, 3.8) is 0 Å². The molecule has 1 fully saturated rings. The summed E-state index contributed by atoms with van der Waals surface area (Å²) in [7, 11) is 0. The van der Waals surface area contributed by atoms with Crippen LogP contribution in [0.25, 0.3) is 0 Å². The maximum atomic E-state index is 13.7. The van der Waals surface area contributed by atoms with Gasteiger partial charge in [-0.05, 0) is 49.4 Å². The molecule has 0 atom stereocenters. The molecule has 3 rings (SSSR count). The molecule has 27 heavy (non-hydrogen) atoms. The van der Waals surface area contributed by atoms with Crippen molar-refractivity contribution >= 4 is 23.2 Å². The Morgan fingerprint density at radius 2 is 1.74 bits per heavy atom. The minimum atomic E-state index is -0.614. The van der Waals surface area contributed by atoms with Crippen molar-refractivity contribution in [1.29, 1.82) is 0 Å². The second-order valence-electron chi connectivity index (χ2n) is 6.51. The van der Waals surface area contributed by atoms with Crippen LogP contribution in [0.4, 0.5) is 14.5 Å². The number of benzene rings is 2. The predicted octanol–water partition coefficient (Wildman–Crippen LogP) is 3.56. The zero-order chi connectivity index (χ0) is 19.2. The first-order valence-corrected chi connectivity index (χ1v) is 9.37. The van der Waals surface area contributed by atoms with E-state index < -0.39 is 11.7 Å². The van der Waals surface area contributed by atoms with Crippen molar-refractivity contribution in [3.05, 3.63) is 64.7 Å². The van der Waals surface area contributed by atoms with Crippen LogP contribution in [-0.4, -0.2) is 50.1 Å². The molecule has 1 amide bonds. The van der Waals surface area contributed by atoms with Crippen LogP contribution in [0.3, 0.4) is 0 Å². The third-order valence-corrected chi connectivity index (χ3v) is 5.01. The summed E-state index contributed by atoms with van der Waals surface area (Å²) in [5.41, 5.74) is 0.928. The molecule has 0 aliphatic carbocycles. The number of nitrogens with one attached hydrogen (secondary N) is 1. The van der Waals surface area contributed by atoms with E-state index in [1.165, 1.54) is 30.3 Å². The number of halogens is 3. The molecule has 0 aromatic heterocycles. The lowest BCUT2D eigenvalue weighted by Crippen LogP contribution is -2.47. The monoisotopic (exact) mass is 393 g/mol. The fraction of sp³-hybridized carbons (Fsp3) is 0.350. The molecule has 0 unspecified atom stereocenters. The maximum Gasteiger partial charge on any atom is 0.255 e. The predicted molar refractivity (Wildman–Crippen MR) is 103 cm³/mol. The van der Waals surface area contributed by atoms with Crippen LogP contribution < -0.4 is 10.2 Å². The molecule has 1 N–H and O–H groups in total. The molecular weight excluding hydrogens is 372 g/mol. The Hall–Kier alpha value is -2.18. The number of carbonyl (C=O) groups is 1. The van der Waals surface area contributed by atoms with Crippen LogP contribution in [0.2, 0.25) is 5.02 Å². The molecular formula is C20H22ClF2N3O. The second-order valence-corrected chi connectivity index (χ2v) is 6.92. The molecule has 0 spiro atoms. The van der Waals surface area contributed by atoms with Crippen LogP contribution in [0, 0.1) is 11.6 Å². The molecule has 0 saturated carbocycles. The number of rotatable bonds is 6. The lowest BCUT2D eigenvalue weighted by atomic mass is 10.2. The summed E-state index contributed by atoms with van der Waals surface area (Å²) in [5, 5.41) is 2.84. The Kier molecular flexibility index (Phi) is 6.63. The van der Waals surface area contributed by atoms with Gasteiger partial charge in [-0.2, -0.15) is 0 Å². The van der Waals surface area contributed by atoms with Gasteiger partial charge in [-0.15, -0.1) is 0 Å². The van der Waals surface area contributed by atoms with E-state index in [0.717, 1.165) is 44.8 Å². The molecule has 2 aromatic carbocycles. The molecule has 1 saturated heterocycles. The summed E-state index contributed by atoms with van der Waals surface area (Å²) in [6.07, 6.45) is 0.772. The lowest BCUT2D eigenvalue weighted by Gasteiger charge is -2.36. The first-order valence-electron chi connectivity index (χ1n) is 8.99. The van der Waals surface area contributed by atoms with Crippen LogP contribution in [0.15, 0.2) is 42.5 Å². The standard InChI is InChI=1S/C20H22ClF2N3O/c21-17-3-1-4-18(23)19(17)20(27)24-9-2-10-25-11-13-26(14-12-25)16-7-5-15(22)6-8-16/h1,3-8H,2,9-14H2,(H,24,27). The Labute approximate surface area is 162 Å². The molecule has 1 heterocycles. The number of anilines is 1. The Bertz CT molecular complexity index is 757. The summed E-state index contributed by atoms with van der Waals surface area (Å²) in [4.78, 5) is 16.6. The molecule has 1 aliphatic heterocycles. The smallest absolute Gasteiger partial charge is 0.255 e. The van der Waals surface area contributed by atoms with E-state index in [2.05, 4.69) is 15.1 Å². The molecule has 0 radical (unpaired) electrons. The number of carbonyl (C=O) groups excluding carboxylic acids is 1. The van der Waals surface area contributed by atoms with Gasteiger partial charge < -0.3 is 10.2 Å². The summed E-state index contributed by atoms with van der Waals surface area (Å²) in [5.74, 6) is -1.33. The number of nitrogens with zero attached hydrogens (tertiary/aromatic N) is 2. The fourth-order valence-corrected chi connectivity index (χ4v) is 3.44. The van der Waals surface area contributed by atoms with E-state index in [1.807, 2.05) is 0 Å². The van der Waals surface area contributed by atoms with Gasteiger partial charge in [0.1, 0.15) is 11.6 Å². The zero-order valence-electron chi connectivity index (χ0n) is 14.9. The molecule has 0 bridgehead atoms. The van der Waals surface area contributed by atoms with Gasteiger partial charge in [-0.3, -0.25) is 9.69 Å². The maximum absolute atomic E-state index is 13.7. The van der Waals surface area contributed by atoms with Gasteiger partial charge in [0.2, 0.25) is 0 Å². The number of hydrogen-bond acceptors (Lipinski definition) is 3. The Morgan fingerprint density at radius 3 is 2.41 bits per heavy atom. The Morgan fingerprint density at radius 1 is 1.04 bits per heavy atom. The first kappa shape index (κ1) is 19.6. The van der Waals surface area contributed by atoms with Crippen molar-refractivity contribution in [2.45, 2.75) is 6.42 Å². The lowest BCUT2D eigenvalue weighted by molar-refractivity contribution is 0.0947. The molecule has 4 nitrogen and oxygen atoms in total. The van der Waals surface area contributed by atoms with E-state index in [1.54, 1.807) is 12.1 Å². The van der Waals surface area contributed by atoms with E-state index in [4.69, 9.17) is 11.6 Å². The summed E-state index contributed by atoms with van der Waals surface area (Å²) in [6.45, 7) is 4.88. The largest absolute Gasteiger partial charge is 0.369 e. The highest BCUT2D eigenvalue weighted by Gasteiger charge is 2.18. The van der Waals surface area contributed by atoms with E-state index in [-0.39, 0.29) is 16.4 Å². The van der Waals surface area contributed by atoms with Gasteiger partial charge in [-0.25, -0.2) is 8.78 Å². The van der Waals surface area contributed by atoms with E-state index in [0.29, 0.717) is 6.54 Å². The highest BCUT2D eigenvalue weighted by Crippen LogP contribution is 2.19. The Balaban J connectivity index is 1.38. The van der Waals surface area contributed by atoms with Crippen LogP contribution in [0.1, 0.15) is 16.8 Å². The molecule has 1 aliphatic rings. The van der Waals surface area contributed by atoms with Crippen LogP contribution in [-0.2, 0) is 0 Å². The molecule has 144 valence electrons. The van der Waals surface area contributed by atoms with E-state index in [9.17, 15) is 13.6 Å². The molecule has 2 aromatic rings. The summed E-state index contributed by atoms with van der Waals surface area (Å²) < 4.78 is 26.7. The number of piperazine rings is 1. The fourth-order valence-electron chi connectivity index (χ4n) is 3.19. The summed E-state index contributed by atoms with van der Waals surface area (Å²) in [6, 6.07) is 10.8. The van der Waals surface area contributed by atoms with Gasteiger partial charge in [0, 0.05) is 38.4 Å². The topological polar surface area (TPSA) is 35.6 Å². The van der Waals surface area contributed by atoms with Gasteiger partial charge >= 0.3 is 0 Å². The average Bonchev–Trinajstić information content (AvgIpc) is 2.66. The van der Waals surface area contributed by atoms with E-state index >= 15 is 0 Å². The van der Waals surface area contributed by atoms with Gasteiger partial charge in [-0.1, -0.05) is 17.7 Å². The zero-order valence-corrected chi connectivity index (χ0v) is 15.7. The normalized spacial score (nSPS) is 15.0. The van der Waals surface area contributed by atoms with Crippen molar-refractivity contribution in [2.24, 2.45) is 0 Å². The SMILES string of the molecule is O=C(NCCCN1CCN(c2ccc(F)cc2)CC1)c1c(F)cccc1Cl.